The summed E-state index contributed by atoms with van der Waals surface area (Å²) < 4.78 is 1.64. The lowest BCUT2D eigenvalue weighted by molar-refractivity contribution is -0.142. The predicted molar refractivity (Wildman–Crippen MR) is 67.8 cm³/mol. The van der Waals surface area contributed by atoms with Gasteiger partial charge in [-0.1, -0.05) is 0 Å². The van der Waals surface area contributed by atoms with E-state index in [1.54, 1.807) is 18.7 Å². The van der Waals surface area contributed by atoms with E-state index in [1.165, 1.54) is 4.90 Å². The van der Waals surface area contributed by atoms with Crippen LogP contribution in [0.5, 0.6) is 0 Å². The van der Waals surface area contributed by atoms with E-state index in [2.05, 4.69) is 5.10 Å². The smallest absolute Gasteiger partial charge is 0.325 e. The highest BCUT2D eigenvalue weighted by Gasteiger charge is 2.43. The molecule has 1 aromatic heterocycles. The SMILES string of the molecule is Cc1nn(C)c(C)c1C(=O)N1CCC(N)(C(=O)O)C1. The average Bonchev–Trinajstić information content (AvgIpc) is 2.83. The molecule has 0 bridgehead atoms. The van der Waals surface area contributed by atoms with Gasteiger partial charge in [0, 0.05) is 25.8 Å². The number of carboxylic acids is 1. The fraction of sp³-hybridized carbons (Fsp3) is 0.583. The van der Waals surface area contributed by atoms with E-state index in [0.717, 1.165) is 5.69 Å². The molecule has 2 heterocycles. The van der Waals surface area contributed by atoms with Crippen LogP contribution in [-0.4, -0.2) is 50.3 Å². The summed E-state index contributed by atoms with van der Waals surface area (Å²) >= 11 is 0. The van der Waals surface area contributed by atoms with Crippen molar-refractivity contribution in [2.75, 3.05) is 13.1 Å². The van der Waals surface area contributed by atoms with Gasteiger partial charge in [-0.15, -0.1) is 0 Å². The second-order valence-corrected chi connectivity index (χ2v) is 5.11. The summed E-state index contributed by atoms with van der Waals surface area (Å²) in [6.45, 7) is 3.98. The number of carbonyl (C=O) groups excluding carboxylic acids is 1. The lowest BCUT2D eigenvalue weighted by Gasteiger charge is -2.20. The van der Waals surface area contributed by atoms with E-state index in [9.17, 15) is 9.59 Å². The van der Waals surface area contributed by atoms with Gasteiger partial charge in [0.15, 0.2) is 0 Å². The number of rotatable bonds is 2. The van der Waals surface area contributed by atoms with Gasteiger partial charge in [-0.25, -0.2) is 0 Å². The van der Waals surface area contributed by atoms with Gasteiger partial charge in [0.25, 0.3) is 5.91 Å². The van der Waals surface area contributed by atoms with Gasteiger partial charge in [0.2, 0.25) is 0 Å². The molecule has 0 radical (unpaired) electrons. The average molecular weight is 266 g/mol. The van der Waals surface area contributed by atoms with Crippen LogP contribution in [0.4, 0.5) is 0 Å². The van der Waals surface area contributed by atoms with Crippen molar-refractivity contribution in [1.29, 1.82) is 0 Å². The first-order valence-electron chi connectivity index (χ1n) is 6.08. The highest BCUT2D eigenvalue weighted by molar-refractivity contribution is 5.97. The topological polar surface area (TPSA) is 101 Å². The van der Waals surface area contributed by atoms with Crippen molar-refractivity contribution in [3.8, 4) is 0 Å². The van der Waals surface area contributed by atoms with Gasteiger partial charge in [-0.2, -0.15) is 5.10 Å². The second-order valence-electron chi connectivity index (χ2n) is 5.11. The molecule has 19 heavy (non-hydrogen) atoms. The number of carbonyl (C=O) groups is 2. The Kier molecular flexibility index (Phi) is 3.09. The maximum Gasteiger partial charge on any atom is 0.325 e. The van der Waals surface area contributed by atoms with Crippen LogP contribution in [0.2, 0.25) is 0 Å². The Morgan fingerprint density at radius 2 is 2.05 bits per heavy atom. The third-order valence-corrected chi connectivity index (χ3v) is 3.74. The molecule has 1 atom stereocenters. The summed E-state index contributed by atoms with van der Waals surface area (Å²) in [5, 5.41) is 13.3. The van der Waals surface area contributed by atoms with Crippen molar-refractivity contribution in [3.63, 3.8) is 0 Å². The Hall–Kier alpha value is -1.89. The van der Waals surface area contributed by atoms with Gasteiger partial charge in [-0.3, -0.25) is 14.3 Å². The molecule has 1 unspecified atom stereocenters. The van der Waals surface area contributed by atoms with Crippen LogP contribution in [0.15, 0.2) is 0 Å². The molecule has 7 nitrogen and oxygen atoms in total. The summed E-state index contributed by atoms with van der Waals surface area (Å²) in [7, 11) is 1.77. The summed E-state index contributed by atoms with van der Waals surface area (Å²) in [6.07, 6.45) is 0.270. The van der Waals surface area contributed by atoms with E-state index in [0.29, 0.717) is 17.8 Å². The van der Waals surface area contributed by atoms with Gasteiger partial charge < -0.3 is 15.7 Å². The summed E-state index contributed by atoms with van der Waals surface area (Å²) in [5.41, 5.74) is 6.40. The summed E-state index contributed by atoms with van der Waals surface area (Å²) in [4.78, 5) is 25.0. The first kappa shape index (κ1) is 13.5. The van der Waals surface area contributed by atoms with Gasteiger partial charge in [0.1, 0.15) is 5.54 Å². The third-order valence-electron chi connectivity index (χ3n) is 3.74. The third kappa shape index (κ3) is 2.10. The Balaban J connectivity index is 2.25. The van der Waals surface area contributed by atoms with Crippen LogP contribution in [0.25, 0.3) is 0 Å². The molecule has 1 aromatic rings. The summed E-state index contributed by atoms with van der Waals surface area (Å²) in [6, 6.07) is 0. The van der Waals surface area contributed by atoms with Crippen LogP contribution in [-0.2, 0) is 11.8 Å². The fourth-order valence-electron chi connectivity index (χ4n) is 2.42. The van der Waals surface area contributed by atoms with E-state index in [1.807, 2.05) is 6.92 Å². The number of hydrogen-bond acceptors (Lipinski definition) is 4. The van der Waals surface area contributed by atoms with Gasteiger partial charge in [0.05, 0.1) is 11.3 Å². The molecule has 1 aliphatic rings. The monoisotopic (exact) mass is 266 g/mol. The standard InChI is InChI=1S/C12H18N4O3/c1-7-9(8(2)15(3)14-7)10(17)16-5-4-12(13,6-16)11(18)19/h4-6,13H2,1-3H3,(H,18,19). The van der Waals surface area contributed by atoms with Gasteiger partial charge in [-0.05, 0) is 20.3 Å². The van der Waals surface area contributed by atoms with E-state index in [4.69, 9.17) is 10.8 Å². The largest absolute Gasteiger partial charge is 0.480 e. The minimum absolute atomic E-state index is 0.0366. The molecular formula is C12H18N4O3. The number of aryl methyl sites for hydroxylation is 2. The maximum atomic E-state index is 12.4. The molecule has 0 aliphatic carbocycles. The zero-order chi connectivity index (χ0) is 14.4. The van der Waals surface area contributed by atoms with Crippen LogP contribution in [0.1, 0.15) is 28.2 Å². The van der Waals surface area contributed by atoms with Crippen LogP contribution in [0.3, 0.4) is 0 Å². The molecule has 1 fully saturated rings. The zero-order valence-corrected chi connectivity index (χ0v) is 11.3. The zero-order valence-electron chi connectivity index (χ0n) is 11.3. The van der Waals surface area contributed by atoms with Gasteiger partial charge >= 0.3 is 5.97 Å². The number of carboxylic acid groups (broad SMARTS) is 1. The number of nitrogens with zero attached hydrogens (tertiary/aromatic N) is 3. The minimum atomic E-state index is -1.33. The molecule has 7 heteroatoms. The Morgan fingerprint density at radius 3 is 2.47 bits per heavy atom. The molecule has 0 saturated carbocycles. The molecule has 1 aliphatic heterocycles. The minimum Gasteiger partial charge on any atom is -0.480 e. The van der Waals surface area contributed by atoms with E-state index < -0.39 is 11.5 Å². The predicted octanol–water partition coefficient (Wildman–Crippen LogP) is -0.335. The molecule has 104 valence electrons. The van der Waals surface area contributed by atoms with E-state index >= 15 is 0 Å². The summed E-state index contributed by atoms with van der Waals surface area (Å²) in [5.74, 6) is -1.26. The first-order chi connectivity index (χ1) is 8.76. The number of aromatic nitrogens is 2. The molecular weight excluding hydrogens is 248 g/mol. The lowest BCUT2D eigenvalue weighted by atomic mass is 10.0. The highest BCUT2D eigenvalue weighted by Crippen LogP contribution is 2.23. The number of nitrogens with two attached hydrogens (primary N) is 1. The molecule has 0 aromatic carbocycles. The molecule has 1 amide bonds. The molecule has 2 rings (SSSR count). The van der Waals surface area contributed by atoms with Crippen LogP contribution in [0, 0.1) is 13.8 Å². The van der Waals surface area contributed by atoms with Crippen LogP contribution >= 0.6 is 0 Å². The van der Waals surface area contributed by atoms with Crippen molar-refractivity contribution >= 4 is 11.9 Å². The van der Waals surface area contributed by atoms with Crippen LogP contribution < -0.4 is 5.73 Å². The number of amides is 1. The first-order valence-corrected chi connectivity index (χ1v) is 6.08. The number of likely N-dealkylation sites (tertiary alicyclic amines) is 1. The maximum absolute atomic E-state index is 12.4. The Morgan fingerprint density at radius 1 is 1.42 bits per heavy atom. The van der Waals surface area contributed by atoms with Crippen molar-refractivity contribution in [2.24, 2.45) is 12.8 Å². The molecule has 3 N–H and O–H groups in total. The van der Waals surface area contributed by atoms with Crippen molar-refractivity contribution in [3.05, 3.63) is 17.0 Å². The number of aliphatic carboxylic acids is 1. The fourth-order valence-corrected chi connectivity index (χ4v) is 2.42. The quantitative estimate of drug-likeness (QED) is 0.763. The van der Waals surface area contributed by atoms with E-state index in [-0.39, 0.29) is 18.9 Å². The number of hydrogen-bond donors (Lipinski definition) is 2. The van der Waals surface area contributed by atoms with Crippen molar-refractivity contribution in [1.82, 2.24) is 14.7 Å². The van der Waals surface area contributed by atoms with Crippen molar-refractivity contribution in [2.45, 2.75) is 25.8 Å². The highest BCUT2D eigenvalue weighted by atomic mass is 16.4. The Labute approximate surface area is 111 Å². The Bertz CT molecular complexity index is 551. The normalized spacial score (nSPS) is 22.8. The lowest BCUT2D eigenvalue weighted by Crippen LogP contribution is -2.50. The molecule has 0 spiro atoms. The second kappa shape index (κ2) is 4.34. The molecule has 1 saturated heterocycles. The van der Waals surface area contributed by atoms with Crippen molar-refractivity contribution < 1.29 is 14.7 Å².